The lowest BCUT2D eigenvalue weighted by Gasteiger charge is -2.31. The highest BCUT2D eigenvalue weighted by Crippen LogP contribution is 2.22. The zero-order valence-corrected chi connectivity index (χ0v) is 19.2. The molecule has 33 heavy (non-hydrogen) atoms. The van der Waals surface area contributed by atoms with Crippen molar-refractivity contribution in [1.29, 1.82) is 0 Å². The Balaban J connectivity index is 1.83. The van der Waals surface area contributed by atoms with Crippen molar-refractivity contribution in [2.24, 2.45) is 0 Å². The van der Waals surface area contributed by atoms with E-state index < -0.39 is 11.0 Å². The molecule has 3 rings (SSSR count). The number of carbonyl (C=O) groups is 2. The minimum atomic E-state index is -0.728. The quantitative estimate of drug-likeness (QED) is 0.457. The number of carbonyl (C=O) groups excluding carboxylic acids is 2. The average Bonchev–Trinajstić information content (AvgIpc) is 2.83. The van der Waals surface area contributed by atoms with Crippen LogP contribution in [0.15, 0.2) is 48.5 Å². The van der Waals surface area contributed by atoms with E-state index in [0.29, 0.717) is 11.3 Å². The number of nitro benzene ring substituents is 1. The van der Waals surface area contributed by atoms with Crippen LogP contribution in [0, 0.1) is 10.1 Å². The van der Waals surface area contributed by atoms with Crippen LogP contribution in [0.25, 0.3) is 0 Å². The molecule has 1 aliphatic carbocycles. The van der Waals surface area contributed by atoms with Crippen molar-refractivity contribution in [3.05, 3.63) is 69.8 Å². The largest absolute Gasteiger partial charge is 0.497 e. The standard InChI is InChI=1S/C25H31N3O5/c1-18(25(30)26-21-11-4-3-5-12-21)27(17-19-9-8-13-22(15-19)33-2)24(29)16-20-10-6-7-14-23(20)28(31)32/h6-10,13-15,18,21H,3-5,11-12,16-17H2,1-2H3,(H,26,30). The summed E-state index contributed by atoms with van der Waals surface area (Å²) in [5.41, 5.74) is 1.03. The minimum absolute atomic E-state index is 0.105. The van der Waals surface area contributed by atoms with Gasteiger partial charge in [-0.15, -0.1) is 0 Å². The lowest BCUT2D eigenvalue weighted by molar-refractivity contribution is -0.385. The molecule has 1 saturated carbocycles. The maximum Gasteiger partial charge on any atom is 0.273 e. The molecule has 0 spiro atoms. The molecular formula is C25H31N3O5. The summed E-state index contributed by atoms with van der Waals surface area (Å²) in [5.74, 6) is 0.0945. The predicted molar refractivity (Wildman–Crippen MR) is 125 cm³/mol. The van der Waals surface area contributed by atoms with Crippen LogP contribution in [-0.4, -0.2) is 40.8 Å². The summed E-state index contributed by atoms with van der Waals surface area (Å²) < 4.78 is 5.29. The summed E-state index contributed by atoms with van der Waals surface area (Å²) >= 11 is 0. The van der Waals surface area contributed by atoms with E-state index in [1.165, 1.54) is 17.4 Å². The van der Waals surface area contributed by atoms with Crippen molar-refractivity contribution in [2.45, 2.75) is 64.1 Å². The van der Waals surface area contributed by atoms with Gasteiger partial charge in [0.2, 0.25) is 11.8 Å². The Kier molecular flexibility index (Phi) is 8.40. The molecule has 0 bridgehead atoms. The second kappa shape index (κ2) is 11.4. The number of benzene rings is 2. The monoisotopic (exact) mass is 453 g/mol. The lowest BCUT2D eigenvalue weighted by atomic mass is 9.95. The predicted octanol–water partition coefficient (Wildman–Crippen LogP) is 4.01. The Bertz CT molecular complexity index is 988. The molecule has 0 saturated heterocycles. The van der Waals surface area contributed by atoms with Crippen LogP contribution in [0.4, 0.5) is 5.69 Å². The molecule has 0 radical (unpaired) electrons. The molecule has 1 atom stereocenters. The van der Waals surface area contributed by atoms with E-state index in [2.05, 4.69) is 5.32 Å². The van der Waals surface area contributed by atoms with Gasteiger partial charge in [0.25, 0.3) is 5.69 Å². The Morgan fingerprint density at radius 2 is 1.88 bits per heavy atom. The van der Waals surface area contributed by atoms with Crippen molar-refractivity contribution >= 4 is 17.5 Å². The molecule has 176 valence electrons. The summed E-state index contributed by atoms with van der Waals surface area (Å²) in [6.45, 7) is 1.89. The number of methoxy groups -OCH3 is 1. The van der Waals surface area contributed by atoms with Crippen molar-refractivity contribution < 1.29 is 19.2 Å². The normalized spacial score (nSPS) is 14.8. The first-order chi connectivity index (χ1) is 15.9. The van der Waals surface area contributed by atoms with Gasteiger partial charge in [-0.1, -0.05) is 49.6 Å². The van der Waals surface area contributed by atoms with Gasteiger partial charge >= 0.3 is 0 Å². The number of amides is 2. The maximum atomic E-state index is 13.4. The maximum absolute atomic E-state index is 13.4. The molecule has 1 aliphatic rings. The Morgan fingerprint density at radius 1 is 1.15 bits per heavy atom. The van der Waals surface area contributed by atoms with Crippen LogP contribution in [0.2, 0.25) is 0 Å². The number of hydrogen-bond acceptors (Lipinski definition) is 5. The van der Waals surface area contributed by atoms with Gasteiger partial charge in [-0.25, -0.2) is 0 Å². The lowest BCUT2D eigenvalue weighted by Crippen LogP contribution is -2.50. The third-order valence-electron chi connectivity index (χ3n) is 6.14. The topological polar surface area (TPSA) is 102 Å². The van der Waals surface area contributed by atoms with Crippen LogP contribution in [0.3, 0.4) is 0 Å². The van der Waals surface area contributed by atoms with Gasteiger partial charge in [0, 0.05) is 24.2 Å². The summed E-state index contributed by atoms with van der Waals surface area (Å²) in [6, 6.07) is 12.9. The highest BCUT2D eigenvalue weighted by molar-refractivity contribution is 5.88. The Labute approximate surface area is 194 Å². The summed E-state index contributed by atoms with van der Waals surface area (Å²) in [4.78, 5) is 38.8. The van der Waals surface area contributed by atoms with Gasteiger partial charge in [-0.3, -0.25) is 19.7 Å². The van der Waals surface area contributed by atoms with E-state index in [-0.39, 0.29) is 36.5 Å². The number of nitro groups is 1. The van der Waals surface area contributed by atoms with E-state index in [1.54, 1.807) is 32.2 Å². The van der Waals surface area contributed by atoms with Crippen LogP contribution in [0.1, 0.15) is 50.2 Å². The van der Waals surface area contributed by atoms with E-state index in [1.807, 2.05) is 24.3 Å². The fourth-order valence-corrected chi connectivity index (χ4v) is 4.22. The second-order valence-electron chi connectivity index (χ2n) is 8.46. The summed E-state index contributed by atoms with van der Waals surface area (Å²) in [6.07, 6.45) is 5.07. The number of nitrogens with one attached hydrogen (secondary N) is 1. The van der Waals surface area contributed by atoms with E-state index in [9.17, 15) is 19.7 Å². The first-order valence-corrected chi connectivity index (χ1v) is 11.3. The molecule has 8 nitrogen and oxygen atoms in total. The first kappa shape index (κ1) is 24.2. The van der Waals surface area contributed by atoms with Crippen LogP contribution >= 0.6 is 0 Å². The fourth-order valence-electron chi connectivity index (χ4n) is 4.22. The van der Waals surface area contributed by atoms with Crippen LogP contribution in [-0.2, 0) is 22.6 Å². The highest BCUT2D eigenvalue weighted by atomic mass is 16.6. The molecule has 0 heterocycles. The Morgan fingerprint density at radius 3 is 2.58 bits per heavy atom. The van der Waals surface area contributed by atoms with Crippen LogP contribution < -0.4 is 10.1 Å². The zero-order valence-electron chi connectivity index (χ0n) is 19.2. The fraction of sp³-hybridized carbons (Fsp3) is 0.440. The number of rotatable bonds is 9. The molecule has 1 N–H and O–H groups in total. The van der Waals surface area contributed by atoms with Crippen molar-refractivity contribution in [3.8, 4) is 5.75 Å². The first-order valence-electron chi connectivity index (χ1n) is 11.3. The van der Waals surface area contributed by atoms with E-state index >= 15 is 0 Å². The molecule has 2 aromatic carbocycles. The Hall–Kier alpha value is -3.42. The molecule has 2 amide bonds. The SMILES string of the molecule is COc1cccc(CN(C(=O)Cc2ccccc2[N+](=O)[O-])C(C)C(=O)NC2CCCCC2)c1. The van der Waals surface area contributed by atoms with Gasteiger partial charge in [0.1, 0.15) is 11.8 Å². The minimum Gasteiger partial charge on any atom is -0.497 e. The van der Waals surface area contributed by atoms with Crippen molar-refractivity contribution in [3.63, 3.8) is 0 Å². The smallest absolute Gasteiger partial charge is 0.273 e. The van der Waals surface area contributed by atoms with Gasteiger partial charge < -0.3 is 15.0 Å². The molecule has 0 aromatic heterocycles. The van der Waals surface area contributed by atoms with Crippen molar-refractivity contribution in [2.75, 3.05) is 7.11 Å². The second-order valence-corrected chi connectivity index (χ2v) is 8.46. The van der Waals surface area contributed by atoms with E-state index in [0.717, 1.165) is 31.2 Å². The van der Waals surface area contributed by atoms with Crippen LogP contribution in [0.5, 0.6) is 5.75 Å². The summed E-state index contributed by atoms with van der Waals surface area (Å²) in [7, 11) is 1.57. The number of nitrogens with zero attached hydrogens (tertiary/aromatic N) is 2. The van der Waals surface area contributed by atoms with Gasteiger partial charge in [-0.2, -0.15) is 0 Å². The average molecular weight is 454 g/mol. The molecule has 8 heteroatoms. The molecule has 0 aliphatic heterocycles. The van der Waals surface area contributed by atoms with E-state index in [4.69, 9.17) is 4.74 Å². The van der Waals surface area contributed by atoms with Gasteiger partial charge in [0.05, 0.1) is 18.5 Å². The van der Waals surface area contributed by atoms with Crippen molar-refractivity contribution in [1.82, 2.24) is 10.2 Å². The third kappa shape index (κ3) is 6.54. The molecule has 1 unspecified atom stereocenters. The number of para-hydroxylation sites is 1. The molecular weight excluding hydrogens is 422 g/mol. The molecule has 2 aromatic rings. The molecule has 1 fully saturated rings. The van der Waals surface area contributed by atoms with Gasteiger partial charge in [-0.05, 0) is 37.5 Å². The highest BCUT2D eigenvalue weighted by Gasteiger charge is 2.29. The third-order valence-corrected chi connectivity index (χ3v) is 6.14. The zero-order chi connectivity index (χ0) is 23.8. The number of hydrogen-bond donors (Lipinski definition) is 1. The summed E-state index contributed by atoms with van der Waals surface area (Å²) in [5, 5.41) is 14.5. The van der Waals surface area contributed by atoms with Gasteiger partial charge in [0.15, 0.2) is 0 Å². The number of ether oxygens (including phenoxy) is 1.